The molecule has 3 nitrogen and oxygen atoms in total. The van der Waals surface area contributed by atoms with Gasteiger partial charge in [0.25, 0.3) is 0 Å². The molecule has 24 heavy (non-hydrogen) atoms. The van der Waals surface area contributed by atoms with Gasteiger partial charge in [0, 0.05) is 22.6 Å². The van der Waals surface area contributed by atoms with Gasteiger partial charge in [0.1, 0.15) is 5.75 Å². The fourth-order valence-electron chi connectivity index (χ4n) is 5.71. The number of phenolic OH excluding ortho intramolecular Hbond substituents is 1. The Hall–Kier alpha value is -1.68. The summed E-state index contributed by atoms with van der Waals surface area (Å²) in [4.78, 5) is 9.39. The number of hydrogen-bond donors (Lipinski definition) is 1. The number of thiazole rings is 1. The molecular weight excluding hydrogens is 316 g/mol. The van der Waals surface area contributed by atoms with Crippen molar-refractivity contribution >= 4 is 22.7 Å². The Morgan fingerprint density at radius 2 is 1.75 bits per heavy atom. The summed E-state index contributed by atoms with van der Waals surface area (Å²) in [7, 11) is 0. The van der Waals surface area contributed by atoms with Crippen LogP contribution < -0.4 is 0 Å². The van der Waals surface area contributed by atoms with Crippen molar-refractivity contribution in [2.45, 2.75) is 43.9 Å². The molecule has 2 aromatic rings. The fourth-order valence-corrected chi connectivity index (χ4v) is 6.50. The van der Waals surface area contributed by atoms with Crippen molar-refractivity contribution in [1.29, 1.82) is 0 Å². The van der Waals surface area contributed by atoms with Crippen molar-refractivity contribution in [3.8, 4) is 5.75 Å². The average molecular weight is 338 g/mol. The predicted octanol–water partition coefficient (Wildman–Crippen LogP) is 5.07. The van der Waals surface area contributed by atoms with Crippen LogP contribution >= 0.6 is 11.3 Å². The van der Waals surface area contributed by atoms with E-state index in [0.29, 0.717) is 5.41 Å². The van der Waals surface area contributed by atoms with Gasteiger partial charge in [-0.15, -0.1) is 11.3 Å². The summed E-state index contributed by atoms with van der Waals surface area (Å²) < 4.78 is 0. The van der Waals surface area contributed by atoms with Gasteiger partial charge in [0.05, 0.1) is 5.69 Å². The van der Waals surface area contributed by atoms with E-state index in [9.17, 15) is 5.11 Å². The maximum Gasteiger partial charge on any atom is 0.209 e. The van der Waals surface area contributed by atoms with E-state index in [-0.39, 0.29) is 5.75 Å². The highest BCUT2D eigenvalue weighted by Crippen LogP contribution is 2.60. The molecule has 0 spiro atoms. The monoisotopic (exact) mass is 338 g/mol. The predicted molar refractivity (Wildman–Crippen MR) is 97.3 cm³/mol. The Morgan fingerprint density at radius 3 is 2.42 bits per heavy atom. The van der Waals surface area contributed by atoms with Crippen LogP contribution in [0.15, 0.2) is 34.6 Å². The second-order valence-electron chi connectivity index (χ2n) is 8.03. The standard InChI is InChI=1S/C20H22N2OS/c23-17-4-2-1-3-16(17)11-21-19-22-18(12-24-19)20-8-13-5-14(9-20)7-15(6-13)10-20/h1-4,11-15,23H,5-10H2. The maximum absolute atomic E-state index is 9.84. The number of para-hydroxylation sites is 1. The van der Waals surface area contributed by atoms with Gasteiger partial charge in [0.15, 0.2) is 0 Å². The van der Waals surface area contributed by atoms with Gasteiger partial charge < -0.3 is 5.11 Å². The van der Waals surface area contributed by atoms with Gasteiger partial charge in [-0.3, -0.25) is 0 Å². The smallest absolute Gasteiger partial charge is 0.209 e. The van der Waals surface area contributed by atoms with Crippen LogP contribution in [0.3, 0.4) is 0 Å². The molecule has 6 rings (SSSR count). The van der Waals surface area contributed by atoms with Crippen molar-refractivity contribution in [3.63, 3.8) is 0 Å². The summed E-state index contributed by atoms with van der Waals surface area (Å²) in [6.45, 7) is 0. The molecule has 4 aliphatic rings. The molecule has 4 aliphatic carbocycles. The Morgan fingerprint density at radius 1 is 1.08 bits per heavy atom. The van der Waals surface area contributed by atoms with Gasteiger partial charge in [-0.2, -0.15) is 0 Å². The second kappa shape index (κ2) is 5.41. The first-order chi connectivity index (χ1) is 11.7. The molecule has 4 fully saturated rings. The van der Waals surface area contributed by atoms with Gasteiger partial charge in [-0.25, -0.2) is 9.98 Å². The lowest BCUT2D eigenvalue weighted by Gasteiger charge is -2.56. The molecule has 0 unspecified atom stereocenters. The maximum atomic E-state index is 9.84. The van der Waals surface area contributed by atoms with Crippen molar-refractivity contribution in [1.82, 2.24) is 4.98 Å². The highest BCUT2D eigenvalue weighted by atomic mass is 32.1. The molecule has 4 heteroatoms. The van der Waals surface area contributed by atoms with E-state index in [1.807, 2.05) is 18.2 Å². The third-order valence-electron chi connectivity index (χ3n) is 6.32. The number of hydrogen-bond acceptors (Lipinski definition) is 4. The van der Waals surface area contributed by atoms with E-state index in [2.05, 4.69) is 10.4 Å². The van der Waals surface area contributed by atoms with Gasteiger partial charge in [-0.05, 0) is 68.4 Å². The Kier molecular flexibility index (Phi) is 3.30. The van der Waals surface area contributed by atoms with Crippen LogP contribution in [0.25, 0.3) is 0 Å². The number of nitrogens with zero attached hydrogens (tertiary/aromatic N) is 2. The summed E-state index contributed by atoms with van der Waals surface area (Å²) in [5.41, 5.74) is 2.37. The molecule has 0 saturated heterocycles. The minimum absolute atomic E-state index is 0.263. The van der Waals surface area contributed by atoms with Crippen LogP contribution in [0.5, 0.6) is 5.75 Å². The van der Waals surface area contributed by atoms with Crippen molar-refractivity contribution in [3.05, 3.63) is 40.9 Å². The fraction of sp³-hybridized carbons (Fsp3) is 0.500. The van der Waals surface area contributed by atoms with Gasteiger partial charge in [-0.1, -0.05) is 12.1 Å². The molecule has 0 aliphatic heterocycles. The largest absolute Gasteiger partial charge is 0.507 e. The molecule has 4 bridgehead atoms. The number of rotatable bonds is 3. The number of aliphatic imine (C=N–C) groups is 1. The molecule has 0 amide bonds. The lowest BCUT2D eigenvalue weighted by Crippen LogP contribution is -2.48. The summed E-state index contributed by atoms with van der Waals surface area (Å²) in [5, 5.41) is 12.9. The molecular formula is C20H22N2OS. The van der Waals surface area contributed by atoms with Crippen molar-refractivity contribution in [2.75, 3.05) is 0 Å². The zero-order chi connectivity index (χ0) is 16.1. The second-order valence-corrected chi connectivity index (χ2v) is 8.87. The van der Waals surface area contributed by atoms with Crippen LogP contribution in [0.1, 0.15) is 49.8 Å². The minimum Gasteiger partial charge on any atom is -0.507 e. The van der Waals surface area contributed by atoms with Crippen LogP contribution in [0, 0.1) is 17.8 Å². The molecule has 124 valence electrons. The third-order valence-corrected chi connectivity index (χ3v) is 7.07. The number of phenols is 1. The zero-order valence-corrected chi connectivity index (χ0v) is 14.5. The number of aromatic nitrogens is 1. The number of aromatic hydroxyl groups is 1. The Bertz CT molecular complexity index is 759. The van der Waals surface area contributed by atoms with Crippen molar-refractivity contribution in [2.24, 2.45) is 22.7 Å². The van der Waals surface area contributed by atoms with E-state index in [1.54, 1.807) is 23.6 Å². The van der Waals surface area contributed by atoms with Crippen LogP contribution in [-0.4, -0.2) is 16.3 Å². The molecule has 0 radical (unpaired) electrons. The summed E-state index contributed by atoms with van der Waals surface area (Å²) in [6.07, 6.45) is 10.1. The molecule has 1 heterocycles. The molecule has 1 N–H and O–H groups in total. The van der Waals surface area contributed by atoms with Crippen LogP contribution in [-0.2, 0) is 5.41 Å². The lowest BCUT2D eigenvalue weighted by molar-refractivity contribution is -0.00688. The first kappa shape index (κ1) is 14.6. The molecule has 4 saturated carbocycles. The summed E-state index contributed by atoms with van der Waals surface area (Å²) in [5.74, 6) is 3.07. The Labute approximate surface area is 146 Å². The number of benzene rings is 1. The van der Waals surface area contributed by atoms with Crippen molar-refractivity contribution < 1.29 is 5.11 Å². The van der Waals surface area contributed by atoms with Crippen LogP contribution in [0.4, 0.5) is 5.13 Å². The topological polar surface area (TPSA) is 45.5 Å². The van der Waals surface area contributed by atoms with E-state index in [1.165, 1.54) is 44.2 Å². The van der Waals surface area contributed by atoms with Gasteiger partial charge in [0.2, 0.25) is 5.13 Å². The Balaban J connectivity index is 1.41. The first-order valence-corrected chi connectivity index (χ1v) is 9.86. The summed E-state index contributed by atoms with van der Waals surface area (Å²) in [6, 6.07) is 7.28. The van der Waals surface area contributed by atoms with E-state index in [4.69, 9.17) is 4.98 Å². The van der Waals surface area contributed by atoms with Crippen LogP contribution in [0.2, 0.25) is 0 Å². The van der Waals surface area contributed by atoms with E-state index >= 15 is 0 Å². The quantitative estimate of drug-likeness (QED) is 0.794. The lowest BCUT2D eigenvalue weighted by atomic mass is 9.49. The van der Waals surface area contributed by atoms with E-state index < -0.39 is 0 Å². The third kappa shape index (κ3) is 2.39. The summed E-state index contributed by atoms with van der Waals surface area (Å²) >= 11 is 1.63. The molecule has 0 atom stereocenters. The van der Waals surface area contributed by atoms with Gasteiger partial charge >= 0.3 is 0 Å². The minimum atomic E-state index is 0.263. The SMILES string of the molecule is Oc1ccccc1C=Nc1nc(C23CC4CC(CC(C4)C2)C3)cs1. The highest BCUT2D eigenvalue weighted by molar-refractivity contribution is 7.13. The first-order valence-electron chi connectivity index (χ1n) is 8.98. The normalized spacial score (nSPS) is 34.2. The molecule has 1 aromatic carbocycles. The average Bonchev–Trinajstić information content (AvgIpc) is 3.03. The zero-order valence-electron chi connectivity index (χ0n) is 13.7. The van der Waals surface area contributed by atoms with E-state index in [0.717, 1.165) is 28.4 Å². The molecule has 1 aromatic heterocycles. The highest BCUT2D eigenvalue weighted by Gasteiger charge is 2.52.